The summed E-state index contributed by atoms with van der Waals surface area (Å²) in [5, 5.41) is 12.9. The highest BCUT2D eigenvalue weighted by Crippen LogP contribution is 2.45. The summed E-state index contributed by atoms with van der Waals surface area (Å²) in [6.07, 6.45) is 9.45. The average molecular weight is 487 g/mol. The Bertz CT molecular complexity index is 1440. The highest BCUT2D eigenvalue weighted by molar-refractivity contribution is 7.97. The fraction of sp³-hybridized carbons (Fsp3) is 0.346. The molecule has 8 nitrogen and oxygen atoms in total. The van der Waals surface area contributed by atoms with E-state index in [1.807, 2.05) is 27.5 Å². The Morgan fingerprint density at radius 3 is 3.00 bits per heavy atom. The van der Waals surface area contributed by atoms with Gasteiger partial charge in [0.2, 0.25) is 0 Å². The van der Waals surface area contributed by atoms with Crippen LogP contribution < -0.4 is 10.0 Å². The Balaban J connectivity index is 1.12. The second-order valence-corrected chi connectivity index (χ2v) is 10.3. The molecule has 4 heterocycles. The lowest BCUT2D eigenvalue weighted by Gasteiger charge is -2.23. The number of aromatic nitrogens is 4. The number of nitrogens with one attached hydrogen (secondary N) is 2. The van der Waals surface area contributed by atoms with Crippen molar-refractivity contribution in [2.24, 2.45) is 5.92 Å². The first-order valence-corrected chi connectivity index (χ1v) is 13.1. The minimum absolute atomic E-state index is 0.141. The molecule has 1 unspecified atom stereocenters. The monoisotopic (exact) mass is 486 g/mol. The number of aryl methyl sites for hydroxylation is 1. The van der Waals surface area contributed by atoms with Gasteiger partial charge < -0.3 is 10.1 Å². The molecule has 1 saturated carbocycles. The Morgan fingerprint density at radius 2 is 2.09 bits per heavy atom. The van der Waals surface area contributed by atoms with Crippen LogP contribution in [0.5, 0.6) is 0 Å². The smallest absolute Gasteiger partial charge is 0.329 e. The maximum absolute atomic E-state index is 13.0. The van der Waals surface area contributed by atoms with E-state index in [1.165, 1.54) is 35.9 Å². The molecule has 3 aliphatic rings. The van der Waals surface area contributed by atoms with E-state index in [4.69, 9.17) is 4.74 Å². The number of fused-ring (bicyclic) bond motifs is 3. The van der Waals surface area contributed by atoms with Crippen molar-refractivity contribution in [2.45, 2.75) is 49.8 Å². The normalized spacial score (nSPS) is 18.9. The van der Waals surface area contributed by atoms with Crippen LogP contribution in [0.2, 0.25) is 0 Å². The lowest BCUT2D eigenvalue weighted by molar-refractivity contribution is 0.00273. The molecule has 35 heavy (non-hydrogen) atoms. The van der Waals surface area contributed by atoms with E-state index in [-0.39, 0.29) is 12.1 Å². The van der Waals surface area contributed by atoms with Crippen LogP contribution in [0.4, 0.5) is 10.5 Å². The van der Waals surface area contributed by atoms with Gasteiger partial charge in [-0.15, -0.1) is 0 Å². The van der Waals surface area contributed by atoms with Gasteiger partial charge in [0.15, 0.2) is 0 Å². The van der Waals surface area contributed by atoms with E-state index in [0.717, 1.165) is 58.9 Å². The number of benzene rings is 1. The SMILES string of the molecule is O=C(NSc1cc2n(n1)CCOC2C1CC1)Nc1c(-c2ccn3nccc3c2)ccc2c1CCC2. The van der Waals surface area contributed by atoms with Crippen molar-refractivity contribution in [2.75, 3.05) is 11.9 Å². The topological polar surface area (TPSA) is 85.5 Å². The van der Waals surface area contributed by atoms with Gasteiger partial charge in [0.1, 0.15) is 11.1 Å². The number of hydrogen-bond donors (Lipinski definition) is 2. The molecule has 0 spiro atoms. The molecule has 0 radical (unpaired) electrons. The van der Waals surface area contributed by atoms with Crippen LogP contribution in [0.3, 0.4) is 0 Å². The van der Waals surface area contributed by atoms with Crippen molar-refractivity contribution in [1.29, 1.82) is 0 Å². The van der Waals surface area contributed by atoms with Crippen LogP contribution in [-0.4, -0.2) is 32.0 Å². The molecule has 2 amide bonds. The second-order valence-electron chi connectivity index (χ2n) is 9.51. The number of urea groups is 1. The van der Waals surface area contributed by atoms with Crippen LogP contribution >= 0.6 is 11.9 Å². The molecule has 1 atom stereocenters. The molecule has 1 fully saturated rings. The molecule has 7 rings (SSSR count). The fourth-order valence-electron chi connectivity index (χ4n) is 5.37. The van der Waals surface area contributed by atoms with E-state index < -0.39 is 0 Å². The van der Waals surface area contributed by atoms with Gasteiger partial charge in [0.05, 0.1) is 30.0 Å². The standard InChI is InChI=1S/C26H26N6O2S/c33-26(30-35-23-15-22-25(17-4-5-17)34-13-12-32(22)29-23)28-24-20-3-1-2-16(20)6-7-21(24)18-9-11-31-19(14-18)8-10-27-31/h6-11,14-15,17,25H,1-5,12-13H2,(H2,28,30,33). The van der Waals surface area contributed by atoms with E-state index in [2.05, 4.69) is 44.5 Å². The van der Waals surface area contributed by atoms with E-state index in [1.54, 1.807) is 6.20 Å². The zero-order valence-electron chi connectivity index (χ0n) is 19.2. The first-order chi connectivity index (χ1) is 17.2. The summed E-state index contributed by atoms with van der Waals surface area (Å²) in [5.74, 6) is 0.611. The van der Waals surface area contributed by atoms with Crippen molar-refractivity contribution in [3.8, 4) is 11.1 Å². The van der Waals surface area contributed by atoms with Gasteiger partial charge in [-0.05, 0) is 79.0 Å². The summed E-state index contributed by atoms with van der Waals surface area (Å²) in [6, 6.07) is 12.3. The summed E-state index contributed by atoms with van der Waals surface area (Å²) in [6.45, 7) is 1.45. The summed E-state index contributed by atoms with van der Waals surface area (Å²) in [7, 11) is 0. The quantitative estimate of drug-likeness (QED) is 0.388. The Hall–Kier alpha value is -3.30. The summed E-state index contributed by atoms with van der Waals surface area (Å²) >= 11 is 1.25. The van der Waals surface area contributed by atoms with Crippen molar-refractivity contribution >= 4 is 29.2 Å². The van der Waals surface area contributed by atoms with Gasteiger partial charge in [-0.25, -0.2) is 9.31 Å². The number of nitrogens with zero attached hydrogens (tertiary/aromatic N) is 4. The summed E-state index contributed by atoms with van der Waals surface area (Å²) < 4.78 is 12.8. The number of ether oxygens (including phenoxy) is 1. The molecule has 9 heteroatoms. The lowest BCUT2D eigenvalue weighted by Crippen LogP contribution is -2.24. The molecule has 0 bridgehead atoms. The Morgan fingerprint density at radius 1 is 1.14 bits per heavy atom. The second kappa shape index (κ2) is 8.42. The van der Waals surface area contributed by atoms with E-state index >= 15 is 0 Å². The fourth-order valence-corrected chi connectivity index (χ4v) is 5.94. The van der Waals surface area contributed by atoms with E-state index in [0.29, 0.717) is 12.5 Å². The molecule has 1 aromatic carbocycles. The molecule has 178 valence electrons. The number of carbonyl (C=O) groups is 1. The summed E-state index contributed by atoms with van der Waals surface area (Å²) in [5.41, 5.74) is 7.68. The van der Waals surface area contributed by atoms with Crippen LogP contribution in [0.15, 0.2) is 53.8 Å². The largest absolute Gasteiger partial charge is 0.370 e. The lowest BCUT2D eigenvalue weighted by atomic mass is 9.97. The Kier molecular flexibility index (Phi) is 5.06. The summed E-state index contributed by atoms with van der Waals surface area (Å²) in [4.78, 5) is 13.0. The van der Waals surface area contributed by atoms with Crippen LogP contribution in [-0.2, 0) is 24.1 Å². The highest BCUT2D eigenvalue weighted by atomic mass is 32.2. The highest BCUT2D eigenvalue weighted by Gasteiger charge is 2.37. The minimum atomic E-state index is -0.247. The van der Waals surface area contributed by atoms with Crippen LogP contribution in [0.25, 0.3) is 16.6 Å². The predicted molar refractivity (Wildman–Crippen MR) is 134 cm³/mol. The van der Waals surface area contributed by atoms with Crippen molar-refractivity contribution in [1.82, 2.24) is 24.1 Å². The number of anilines is 1. The van der Waals surface area contributed by atoms with Gasteiger partial charge in [-0.1, -0.05) is 12.1 Å². The van der Waals surface area contributed by atoms with Gasteiger partial charge >= 0.3 is 6.03 Å². The van der Waals surface area contributed by atoms with Crippen molar-refractivity contribution in [3.63, 3.8) is 0 Å². The van der Waals surface area contributed by atoms with Gasteiger partial charge in [0, 0.05) is 29.9 Å². The first-order valence-electron chi connectivity index (χ1n) is 12.2. The van der Waals surface area contributed by atoms with Crippen LogP contribution in [0.1, 0.15) is 42.2 Å². The predicted octanol–water partition coefficient (Wildman–Crippen LogP) is 5.00. The molecule has 1 aliphatic heterocycles. The van der Waals surface area contributed by atoms with Crippen LogP contribution in [0, 0.1) is 5.92 Å². The van der Waals surface area contributed by atoms with Gasteiger partial charge in [0.25, 0.3) is 0 Å². The van der Waals surface area contributed by atoms with Crippen molar-refractivity contribution < 1.29 is 9.53 Å². The van der Waals surface area contributed by atoms with Gasteiger partial charge in [-0.3, -0.25) is 9.40 Å². The minimum Gasteiger partial charge on any atom is -0.370 e. The first kappa shape index (κ1) is 21.0. The molecule has 2 N–H and O–H groups in total. The third kappa shape index (κ3) is 3.88. The number of pyridine rings is 1. The number of hydrogen-bond acceptors (Lipinski definition) is 5. The van der Waals surface area contributed by atoms with Gasteiger partial charge in [-0.2, -0.15) is 10.2 Å². The zero-order valence-corrected chi connectivity index (χ0v) is 20.1. The Labute approximate surface area is 207 Å². The average Bonchev–Trinajstić information content (AvgIpc) is 3.25. The molecule has 3 aromatic heterocycles. The number of carbonyl (C=O) groups excluding carboxylic acids is 1. The molecule has 2 aliphatic carbocycles. The third-order valence-corrected chi connectivity index (χ3v) is 7.91. The molecular formula is C26H26N6O2S. The molecule has 0 saturated heterocycles. The van der Waals surface area contributed by atoms with E-state index in [9.17, 15) is 4.79 Å². The third-order valence-electron chi connectivity index (χ3n) is 7.21. The number of amides is 2. The van der Waals surface area contributed by atoms with Crippen molar-refractivity contribution in [3.05, 3.63) is 65.6 Å². The maximum atomic E-state index is 13.0. The molecular weight excluding hydrogens is 460 g/mol. The zero-order chi connectivity index (χ0) is 23.4. The number of rotatable bonds is 5. The maximum Gasteiger partial charge on any atom is 0.329 e. The molecule has 4 aromatic rings.